The van der Waals surface area contributed by atoms with E-state index in [1.165, 1.54) is 30.6 Å². The Bertz CT molecular complexity index is 826. The second-order valence-electron chi connectivity index (χ2n) is 6.67. The van der Waals surface area contributed by atoms with E-state index in [1.54, 1.807) is 4.90 Å². The van der Waals surface area contributed by atoms with Gasteiger partial charge in [0.15, 0.2) is 0 Å². The van der Waals surface area contributed by atoms with Crippen LogP contribution >= 0.6 is 23.5 Å². The van der Waals surface area contributed by atoms with E-state index in [4.69, 9.17) is 4.74 Å². The van der Waals surface area contributed by atoms with Crippen LogP contribution in [-0.4, -0.2) is 68.5 Å². The van der Waals surface area contributed by atoms with Crippen LogP contribution in [0.25, 0.3) is 5.69 Å². The summed E-state index contributed by atoms with van der Waals surface area (Å²) in [6, 6.07) is 9.85. The van der Waals surface area contributed by atoms with Gasteiger partial charge in [0.1, 0.15) is 11.1 Å². The number of carbonyl (C=O) groups excluding carboxylic acids is 2. The van der Waals surface area contributed by atoms with Crippen molar-refractivity contribution < 1.29 is 14.3 Å². The number of thioether (sulfide) groups is 2. The topological polar surface area (TPSA) is 77.3 Å². The molecule has 1 saturated heterocycles. The number of methoxy groups -OCH3 is 1. The molecule has 0 aliphatic carbocycles. The zero-order chi connectivity index (χ0) is 20.1. The highest BCUT2D eigenvalue weighted by Gasteiger charge is 2.29. The zero-order valence-corrected chi connectivity index (χ0v) is 17.8. The predicted octanol–water partition coefficient (Wildman–Crippen LogP) is 2.60. The van der Waals surface area contributed by atoms with Crippen LogP contribution in [0.5, 0.6) is 0 Å². The minimum atomic E-state index is -0.310. The number of nitrogens with zero attached hydrogens (tertiary/aromatic N) is 4. The first-order valence-corrected chi connectivity index (χ1v) is 11.2. The van der Waals surface area contributed by atoms with Gasteiger partial charge in [-0.05, 0) is 12.1 Å². The molecule has 0 unspecified atom stereocenters. The fraction of sp³-hybridized carbons (Fsp3) is 0.474. The van der Waals surface area contributed by atoms with E-state index in [0.29, 0.717) is 18.2 Å². The Hall–Kier alpha value is -2.00. The summed E-state index contributed by atoms with van der Waals surface area (Å²) in [5, 5.41) is 4.87. The van der Waals surface area contributed by atoms with E-state index < -0.39 is 0 Å². The van der Waals surface area contributed by atoms with Gasteiger partial charge in [0.2, 0.25) is 11.1 Å². The highest BCUT2D eigenvalue weighted by atomic mass is 32.2. The lowest BCUT2D eigenvalue weighted by molar-refractivity contribution is -0.141. The molecule has 0 bridgehead atoms. The average molecular weight is 421 g/mol. The molecule has 28 heavy (non-hydrogen) atoms. The Labute approximate surface area is 173 Å². The van der Waals surface area contributed by atoms with Crippen molar-refractivity contribution in [3.8, 4) is 5.69 Å². The monoisotopic (exact) mass is 420 g/mol. The van der Waals surface area contributed by atoms with Crippen molar-refractivity contribution in [3.63, 3.8) is 0 Å². The third kappa shape index (κ3) is 4.88. The maximum absolute atomic E-state index is 12.6. The van der Waals surface area contributed by atoms with Gasteiger partial charge in [-0.15, -0.1) is 16.9 Å². The fourth-order valence-corrected chi connectivity index (χ4v) is 4.73. The molecule has 1 atom stereocenters. The molecule has 0 N–H and O–H groups in total. The van der Waals surface area contributed by atoms with Crippen molar-refractivity contribution in [3.05, 3.63) is 36.2 Å². The number of hydrogen-bond donors (Lipinski definition) is 0. The highest BCUT2D eigenvalue weighted by molar-refractivity contribution is 8.00. The summed E-state index contributed by atoms with van der Waals surface area (Å²) in [5.41, 5.74) is 0.950. The van der Waals surface area contributed by atoms with Crippen LogP contribution in [0, 0.1) is 0 Å². The Kier molecular flexibility index (Phi) is 7.01. The first-order valence-electron chi connectivity index (χ1n) is 9.12. The molecule has 1 aliphatic heterocycles. The van der Waals surface area contributed by atoms with Crippen LogP contribution in [0.2, 0.25) is 0 Å². The third-order valence-corrected chi connectivity index (χ3v) is 6.32. The molecule has 3 rings (SSSR count). The van der Waals surface area contributed by atoms with E-state index in [1.807, 2.05) is 35.0 Å². The standard InChI is InChI=1S/C19H24N4O3S2/c1-13(2)17-20-19(21-23(17)14-7-5-4-6-8-14)28-12-16(24)22-9-10-27-15(11-22)18(25)26-3/h4-8,13,15H,9-12H2,1-3H3/t15-/m1/s1. The van der Waals surface area contributed by atoms with Crippen molar-refractivity contribution in [2.24, 2.45) is 0 Å². The van der Waals surface area contributed by atoms with Gasteiger partial charge >= 0.3 is 5.97 Å². The van der Waals surface area contributed by atoms with Gasteiger partial charge in [-0.25, -0.2) is 9.67 Å². The lowest BCUT2D eigenvalue weighted by Gasteiger charge is -2.30. The number of amides is 1. The van der Waals surface area contributed by atoms with Gasteiger partial charge in [0, 0.05) is 24.8 Å². The molecule has 1 aliphatic rings. The normalized spacial score (nSPS) is 17.0. The highest BCUT2D eigenvalue weighted by Crippen LogP contribution is 2.24. The third-order valence-electron chi connectivity index (χ3n) is 4.34. The molecule has 1 aromatic heterocycles. The smallest absolute Gasteiger partial charge is 0.320 e. The molecule has 2 aromatic rings. The maximum atomic E-state index is 12.6. The molecule has 0 radical (unpaired) electrons. The molecule has 150 valence electrons. The predicted molar refractivity (Wildman–Crippen MR) is 111 cm³/mol. The van der Waals surface area contributed by atoms with E-state index in [0.717, 1.165) is 17.3 Å². The van der Waals surface area contributed by atoms with Gasteiger partial charge in [0.25, 0.3) is 0 Å². The Morgan fingerprint density at radius 1 is 1.32 bits per heavy atom. The quantitative estimate of drug-likeness (QED) is 0.525. The zero-order valence-electron chi connectivity index (χ0n) is 16.2. The van der Waals surface area contributed by atoms with E-state index in [9.17, 15) is 9.59 Å². The molecule has 7 nitrogen and oxygen atoms in total. The number of aromatic nitrogens is 3. The number of benzene rings is 1. The number of hydrogen-bond acceptors (Lipinski definition) is 7. The molecular weight excluding hydrogens is 396 g/mol. The van der Waals surface area contributed by atoms with Gasteiger partial charge in [0.05, 0.1) is 18.6 Å². The summed E-state index contributed by atoms with van der Waals surface area (Å²) in [6.45, 7) is 5.17. The molecule has 1 fully saturated rings. The second kappa shape index (κ2) is 9.47. The number of para-hydroxylation sites is 1. The second-order valence-corrected chi connectivity index (χ2v) is 8.92. The minimum Gasteiger partial charge on any atom is -0.468 e. The van der Waals surface area contributed by atoms with Crippen molar-refractivity contribution in [1.29, 1.82) is 0 Å². The van der Waals surface area contributed by atoms with Gasteiger partial charge in [-0.3, -0.25) is 9.59 Å². The van der Waals surface area contributed by atoms with Crippen molar-refractivity contribution in [2.75, 3.05) is 31.7 Å². The Balaban J connectivity index is 1.66. The van der Waals surface area contributed by atoms with E-state index >= 15 is 0 Å². The first-order chi connectivity index (χ1) is 13.5. The van der Waals surface area contributed by atoms with Crippen LogP contribution < -0.4 is 0 Å². The summed E-state index contributed by atoms with van der Waals surface area (Å²) in [4.78, 5) is 30.7. The molecule has 0 spiro atoms. The van der Waals surface area contributed by atoms with Crippen LogP contribution in [0.3, 0.4) is 0 Å². The molecule has 1 amide bonds. The molecule has 0 saturated carbocycles. The molecule has 2 heterocycles. The first kappa shape index (κ1) is 20.7. The van der Waals surface area contributed by atoms with Gasteiger partial charge in [-0.1, -0.05) is 43.8 Å². The SMILES string of the molecule is COC(=O)[C@H]1CN(C(=O)CSc2nc(C(C)C)n(-c3ccccc3)n2)CCS1. The largest absolute Gasteiger partial charge is 0.468 e. The van der Waals surface area contributed by atoms with Gasteiger partial charge in [-0.2, -0.15) is 0 Å². The van der Waals surface area contributed by atoms with Crippen LogP contribution in [0.4, 0.5) is 0 Å². The lowest BCUT2D eigenvalue weighted by atomic mass is 10.2. The molecule has 1 aromatic carbocycles. The lowest BCUT2D eigenvalue weighted by Crippen LogP contribution is -2.45. The molecule has 9 heteroatoms. The van der Waals surface area contributed by atoms with Gasteiger partial charge < -0.3 is 9.64 Å². The van der Waals surface area contributed by atoms with Crippen LogP contribution in [0.15, 0.2) is 35.5 Å². The Morgan fingerprint density at radius 3 is 2.75 bits per heavy atom. The summed E-state index contributed by atoms with van der Waals surface area (Å²) >= 11 is 2.86. The summed E-state index contributed by atoms with van der Waals surface area (Å²) in [6.07, 6.45) is 0. The maximum Gasteiger partial charge on any atom is 0.320 e. The van der Waals surface area contributed by atoms with Crippen molar-refractivity contribution >= 4 is 35.4 Å². The average Bonchev–Trinajstić information content (AvgIpc) is 3.17. The number of carbonyl (C=O) groups is 2. The van der Waals surface area contributed by atoms with Crippen molar-refractivity contribution in [1.82, 2.24) is 19.7 Å². The Morgan fingerprint density at radius 2 is 2.07 bits per heavy atom. The van der Waals surface area contributed by atoms with Crippen LogP contribution in [-0.2, 0) is 14.3 Å². The number of esters is 1. The van der Waals surface area contributed by atoms with Crippen LogP contribution in [0.1, 0.15) is 25.6 Å². The summed E-state index contributed by atoms with van der Waals surface area (Å²) in [5.74, 6) is 1.75. The summed E-state index contributed by atoms with van der Waals surface area (Å²) in [7, 11) is 1.38. The fourth-order valence-electron chi connectivity index (χ4n) is 2.87. The minimum absolute atomic E-state index is 0.0126. The number of ether oxygens (including phenoxy) is 1. The number of rotatable bonds is 6. The van der Waals surface area contributed by atoms with Crippen molar-refractivity contribution in [2.45, 2.75) is 30.2 Å². The summed E-state index contributed by atoms with van der Waals surface area (Å²) < 4.78 is 6.64. The molecular formula is C19H24N4O3S2. The van der Waals surface area contributed by atoms with E-state index in [-0.39, 0.29) is 28.8 Å². The van der Waals surface area contributed by atoms with E-state index in [2.05, 4.69) is 23.9 Å².